The fourth-order valence-corrected chi connectivity index (χ4v) is 5.68. The normalized spacial score (nSPS) is 12.8. The molecule has 8 nitrogen and oxygen atoms in total. The Hall–Kier alpha value is 1.86. The van der Waals surface area contributed by atoms with Crippen molar-refractivity contribution in [3.8, 4) is 0 Å². The fraction of sp³-hybridized carbons (Fsp3) is 1.00. The first kappa shape index (κ1) is 49.2. The summed E-state index contributed by atoms with van der Waals surface area (Å²) in [6, 6.07) is 0. The molecule has 11 heteroatoms. The van der Waals surface area contributed by atoms with Gasteiger partial charge in [-0.1, -0.05) is 181 Å². The molecule has 0 radical (unpaired) electrons. The second-order valence-corrected chi connectivity index (χ2v) is 14.3. The van der Waals surface area contributed by atoms with Gasteiger partial charge in [-0.05, 0) is 12.8 Å². The van der Waals surface area contributed by atoms with Crippen LogP contribution in [-0.2, 0) is 18.2 Å². The number of hydrogen-bond donors (Lipinski definition) is 3. The molecule has 1 atom stereocenters. The number of phosphoric acid groups is 2. The Morgan fingerprint density at radius 2 is 0.628 bits per heavy atom. The third kappa shape index (κ3) is 53.6. The molecule has 0 amide bonds. The van der Waals surface area contributed by atoms with Gasteiger partial charge in [0.25, 0.3) is 7.82 Å². The van der Waals surface area contributed by atoms with Crippen molar-refractivity contribution in [1.29, 1.82) is 0 Å². The van der Waals surface area contributed by atoms with E-state index in [0.717, 1.165) is 32.1 Å². The van der Waals surface area contributed by atoms with E-state index in [1.54, 1.807) is 0 Å². The van der Waals surface area contributed by atoms with Crippen LogP contribution < -0.4 is 56.3 Å². The third-order valence-corrected chi connectivity index (χ3v) is 8.54. The van der Waals surface area contributed by atoms with E-state index in [0.29, 0.717) is 6.42 Å². The number of hydrogen-bond acceptors (Lipinski definition) is 5. The van der Waals surface area contributed by atoms with Gasteiger partial charge >= 0.3 is 59.2 Å². The molecule has 0 fully saturated rings. The molecule has 0 aliphatic rings. The van der Waals surface area contributed by atoms with Crippen molar-refractivity contribution in [3.63, 3.8) is 0 Å². The maximum Gasteiger partial charge on any atom is 1.00 e. The molecule has 256 valence electrons. The van der Waals surface area contributed by atoms with Crippen molar-refractivity contribution in [2.24, 2.45) is 0 Å². The van der Waals surface area contributed by atoms with E-state index < -0.39 is 15.6 Å². The third-order valence-electron chi connectivity index (χ3n) is 7.51. The Morgan fingerprint density at radius 3 is 0.837 bits per heavy atom. The first-order valence-electron chi connectivity index (χ1n) is 17.5. The summed E-state index contributed by atoms with van der Waals surface area (Å²) in [6.45, 7) is 4.78. The zero-order chi connectivity index (χ0) is 31.6. The first-order valence-corrected chi connectivity index (χ1v) is 20.5. The monoisotopic (exact) mass is 682 g/mol. The summed E-state index contributed by atoms with van der Waals surface area (Å²) in [5, 5.41) is 0. The minimum Gasteiger partial charge on any atom is -0.756 e. The second-order valence-electron chi connectivity index (χ2n) is 11.8. The minimum atomic E-state index is -4.50. The quantitative estimate of drug-likeness (QED) is 0.0377. The van der Waals surface area contributed by atoms with Crippen LogP contribution in [0.15, 0.2) is 0 Å². The van der Waals surface area contributed by atoms with E-state index in [4.69, 9.17) is 14.7 Å². The van der Waals surface area contributed by atoms with E-state index in [9.17, 15) is 14.0 Å². The van der Waals surface area contributed by atoms with E-state index in [1.165, 1.54) is 141 Å². The summed E-state index contributed by atoms with van der Waals surface area (Å²) in [5.74, 6) is 0. The zero-order valence-corrected chi connectivity index (χ0v) is 33.4. The summed E-state index contributed by atoms with van der Waals surface area (Å²) in [5.41, 5.74) is 0. The van der Waals surface area contributed by atoms with Crippen LogP contribution in [0, 0.1) is 0 Å². The van der Waals surface area contributed by atoms with Crippen molar-refractivity contribution in [3.05, 3.63) is 0 Å². The Morgan fingerprint density at radius 1 is 0.419 bits per heavy atom. The Labute approximate surface area is 308 Å². The molecule has 0 spiro atoms. The summed E-state index contributed by atoms with van der Waals surface area (Å²) >= 11 is 0. The van der Waals surface area contributed by atoms with Crippen LogP contribution in [0.25, 0.3) is 0 Å². The van der Waals surface area contributed by atoms with Gasteiger partial charge in [0.2, 0.25) is 0 Å². The predicted octanol–water partition coefficient (Wildman–Crippen LogP) is 7.53. The van der Waals surface area contributed by atoms with Crippen molar-refractivity contribution >= 4 is 15.6 Å². The molecular formula is C32H69KO8P2. The Kier molecular flexibility index (Phi) is 43.9. The molecule has 0 saturated heterocycles. The van der Waals surface area contributed by atoms with Gasteiger partial charge in [-0.15, -0.1) is 0 Å². The molecule has 0 heterocycles. The predicted molar refractivity (Wildman–Crippen MR) is 174 cm³/mol. The molecule has 0 saturated carbocycles. The average Bonchev–Trinajstić information content (AvgIpc) is 2.92. The van der Waals surface area contributed by atoms with Gasteiger partial charge in [0.15, 0.2) is 0 Å². The van der Waals surface area contributed by atoms with E-state index in [1.807, 2.05) is 0 Å². The second kappa shape index (κ2) is 38.3. The van der Waals surface area contributed by atoms with Crippen LogP contribution in [0.5, 0.6) is 0 Å². The van der Waals surface area contributed by atoms with Gasteiger partial charge in [-0.25, -0.2) is 4.57 Å². The van der Waals surface area contributed by atoms with Gasteiger partial charge in [0, 0.05) is 0 Å². The minimum absolute atomic E-state index is 0. The van der Waals surface area contributed by atoms with Crippen molar-refractivity contribution in [2.45, 2.75) is 194 Å². The molecule has 0 aromatic carbocycles. The number of unbranched alkanes of at least 4 members (excludes halogenated alkanes) is 26. The maximum atomic E-state index is 10.4. The van der Waals surface area contributed by atoms with Crippen LogP contribution in [-0.4, -0.2) is 27.9 Å². The van der Waals surface area contributed by atoms with E-state index >= 15 is 0 Å². The molecule has 3 N–H and O–H groups in total. The van der Waals surface area contributed by atoms with Gasteiger partial charge in [0.1, 0.15) is 0 Å². The molecular weight excluding hydrogens is 613 g/mol. The Balaban J connectivity index is -0.000000727. The van der Waals surface area contributed by atoms with Gasteiger partial charge in [0.05, 0.1) is 13.2 Å². The molecule has 0 rings (SSSR count). The fourth-order valence-electron chi connectivity index (χ4n) is 4.96. The summed E-state index contributed by atoms with van der Waals surface area (Å²) in [4.78, 5) is 35.7. The van der Waals surface area contributed by atoms with Gasteiger partial charge < -0.3 is 24.1 Å². The SMILES string of the molecule is CCCCCCCCCCCCCCCCOP(=O)(O)O.CCCCCCCCCCCCCCCCOP(=O)([O-])O.[K+]. The maximum absolute atomic E-state index is 10.4. The molecule has 0 aromatic heterocycles. The molecule has 0 aromatic rings. The van der Waals surface area contributed by atoms with Crippen molar-refractivity contribution in [2.75, 3.05) is 13.2 Å². The zero-order valence-electron chi connectivity index (χ0n) is 28.5. The van der Waals surface area contributed by atoms with Gasteiger partial charge in [-0.2, -0.15) is 0 Å². The summed E-state index contributed by atoms with van der Waals surface area (Å²) in [7, 11) is -8.75. The largest absolute Gasteiger partial charge is 1.00 e. The smallest absolute Gasteiger partial charge is 0.756 e. The molecule has 1 unspecified atom stereocenters. The van der Waals surface area contributed by atoms with Gasteiger partial charge in [-0.3, -0.25) is 9.09 Å². The molecule has 0 aliphatic heterocycles. The number of phosphoric ester groups is 2. The number of rotatable bonds is 32. The average molecular weight is 683 g/mol. The molecule has 0 bridgehead atoms. The first-order chi connectivity index (χ1) is 20.1. The van der Waals surface area contributed by atoms with Crippen LogP contribution in [0.4, 0.5) is 0 Å². The molecule has 0 aliphatic carbocycles. The Bertz CT molecular complexity index is 564. The summed E-state index contributed by atoms with van der Waals surface area (Å²) in [6.07, 6.45) is 35.4. The van der Waals surface area contributed by atoms with Crippen LogP contribution in [0.3, 0.4) is 0 Å². The van der Waals surface area contributed by atoms with Crippen LogP contribution in [0.2, 0.25) is 0 Å². The molecule has 43 heavy (non-hydrogen) atoms. The summed E-state index contributed by atoms with van der Waals surface area (Å²) < 4.78 is 29.5. The van der Waals surface area contributed by atoms with Crippen LogP contribution in [0.1, 0.15) is 194 Å². The van der Waals surface area contributed by atoms with Crippen LogP contribution >= 0.6 is 15.6 Å². The van der Waals surface area contributed by atoms with Crippen molar-refractivity contribution < 1.29 is 89.1 Å². The van der Waals surface area contributed by atoms with E-state index in [-0.39, 0.29) is 64.6 Å². The topological polar surface area (TPSA) is 136 Å². The van der Waals surface area contributed by atoms with E-state index in [2.05, 4.69) is 22.9 Å². The standard InChI is InChI=1S/2C16H35O4P.K/c2*1-2-3-4-5-6-7-8-9-10-11-12-13-14-15-16-20-21(17,18)19;/h2*2-16H2,1H3,(H2,17,18,19);/q;;+1/p-1. The van der Waals surface area contributed by atoms with Crippen molar-refractivity contribution in [1.82, 2.24) is 0 Å².